The molecule has 1 atom stereocenters. The summed E-state index contributed by atoms with van der Waals surface area (Å²) < 4.78 is 0. The number of piperidine rings is 1. The second-order valence-corrected chi connectivity index (χ2v) is 5.14. The van der Waals surface area contributed by atoms with Gasteiger partial charge >= 0.3 is 0 Å². The maximum absolute atomic E-state index is 5.55. The molecule has 1 aromatic carbocycles. The number of nitrogens with one attached hydrogen (secondary N) is 1. The monoisotopic (exact) mass is 249 g/mol. The fraction of sp³-hybridized carbons (Fsp3) is 0.462. The van der Waals surface area contributed by atoms with Crippen LogP contribution in [0.1, 0.15) is 19.8 Å². The Hall–Kier alpha value is -1.29. The molecule has 0 spiro atoms. The van der Waals surface area contributed by atoms with Crippen LogP contribution in [0.25, 0.3) is 0 Å². The van der Waals surface area contributed by atoms with E-state index in [0.29, 0.717) is 5.11 Å². The minimum atomic E-state index is 0.322. The molecule has 17 heavy (non-hydrogen) atoms. The van der Waals surface area contributed by atoms with Crippen LogP contribution in [0, 0.1) is 5.92 Å². The summed E-state index contributed by atoms with van der Waals surface area (Å²) in [6.07, 6.45) is 2.57. The van der Waals surface area contributed by atoms with E-state index >= 15 is 0 Å². The van der Waals surface area contributed by atoms with Gasteiger partial charge < -0.3 is 16.0 Å². The van der Waals surface area contributed by atoms with E-state index in [1.807, 2.05) is 12.1 Å². The van der Waals surface area contributed by atoms with Crippen molar-refractivity contribution >= 4 is 28.7 Å². The lowest BCUT2D eigenvalue weighted by molar-refractivity contribution is 0.447. The van der Waals surface area contributed by atoms with E-state index < -0.39 is 0 Å². The minimum Gasteiger partial charge on any atom is -0.376 e. The molecule has 0 saturated carbocycles. The summed E-state index contributed by atoms with van der Waals surface area (Å²) in [5.41, 5.74) is 7.76. The number of hydrogen-bond acceptors (Lipinski definition) is 2. The van der Waals surface area contributed by atoms with Gasteiger partial charge in [0.05, 0.1) is 11.4 Å². The van der Waals surface area contributed by atoms with E-state index in [0.717, 1.165) is 24.7 Å². The maximum atomic E-state index is 5.55. The van der Waals surface area contributed by atoms with Crippen LogP contribution in [0.5, 0.6) is 0 Å². The van der Waals surface area contributed by atoms with Crippen molar-refractivity contribution in [3.8, 4) is 0 Å². The van der Waals surface area contributed by atoms with Crippen molar-refractivity contribution in [3.05, 3.63) is 24.3 Å². The Kier molecular flexibility index (Phi) is 3.84. The van der Waals surface area contributed by atoms with Gasteiger partial charge in [0.2, 0.25) is 0 Å². The SMILES string of the molecule is CC1CCCN(c2ccccc2NC(N)=S)C1. The zero-order valence-corrected chi connectivity index (χ0v) is 11.0. The smallest absolute Gasteiger partial charge is 0.168 e. The topological polar surface area (TPSA) is 41.3 Å². The van der Waals surface area contributed by atoms with Gasteiger partial charge in [-0.3, -0.25) is 0 Å². The Morgan fingerprint density at radius 3 is 2.94 bits per heavy atom. The Bertz CT molecular complexity index is 405. The first-order valence-electron chi connectivity index (χ1n) is 6.07. The average molecular weight is 249 g/mol. The molecule has 1 heterocycles. The van der Waals surface area contributed by atoms with E-state index in [-0.39, 0.29) is 0 Å². The van der Waals surface area contributed by atoms with Crippen LogP contribution >= 0.6 is 12.2 Å². The van der Waals surface area contributed by atoms with Gasteiger partial charge in [-0.15, -0.1) is 0 Å². The molecule has 0 bridgehead atoms. The van der Waals surface area contributed by atoms with E-state index in [1.165, 1.54) is 18.5 Å². The van der Waals surface area contributed by atoms with Gasteiger partial charge in [0.1, 0.15) is 0 Å². The number of hydrogen-bond donors (Lipinski definition) is 2. The summed E-state index contributed by atoms with van der Waals surface area (Å²) in [5.74, 6) is 0.752. The third kappa shape index (κ3) is 3.09. The molecule has 3 nitrogen and oxygen atoms in total. The summed E-state index contributed by atoms with van der Waals surface area (Å²) >= 11 is 4.91. The molecule has 3 N–H and O–H groups in total. The molecule has 92 valence electrons. The van der Waals surface area contributed by atoms with E-state index in [1.54, 1.807) is 0 Å². The highest BCUT2D eigenvalue weighted by atomic mass is 32.1. The third-order valence-corrected chi connectivity index (χ3v) is 3.26. The Morgan fingerprint density at radius 1 is 1.47 bits per heavy atom. The van der Waals surface area contributed by atoms with Crippen molar-refractivity contribution in [2.24, 2.45) is 11.7 Å². The van der Waals surface area contributed by atoms with Crippen molar-refractivity contribution in [2.45, 2.75) is 19.8 Å². The van der Waals surface area contributed by atoms with E-state index in [9.17, 15) is 0 Å². The molecule has 2 rings (SSSR count). The molecule has 1 saturated heterocycles. The number of nitrogens with two attached hydrogens (primary N) is 1. The number of benzene rings is 1. The summed E-state index contributed by atoms with van der Waals surface area (Å²) in [4.78, 5) is 2.41. The average Bonchev–Trinajstić information content (AvgIpc) is 2.29. The first-order valence-corrected chi connectivity index (χ1v) is 6.48. The van der Waals surface area contributed by atoms with Gasteiger partial charge in [0.25, 0.3) is 0 Å². The molecule has 0 amide bonds. The molecule has 1 fully saturated rings. The fourth-order valence-corrected chi connectivity index (χ4v) is 2.51. The molecule has 1 aromatic rings. The van der Waals surface area contributed by atoms with Gasteiger partial charge in [-0.1, -0.05) is 19.1 Å². The highest BCUT2D eigenvalue weighted by Gasteiger charge is 2.18. The fourth-order valence-electron chi connectivity index (χ4n) is 2.40. The van der Waals surface area contributed by atoms with Crippen molar-refractivity contribution in [2.75, 3.05) is 23.3 Å². The maximum Gasteiger partial charge on any atom is 0.168 e. The highest BCUT2D eigenvalue weighted by Crippen LogP contribution is 2.29. The number of nitrogens with zero attached hydrogens (tertiary/aromatic N) is 1. The summed E-state index contributed by atoms with van der Waals surface area (Å²) in [7, 11) is 0. The van der Waals surface area contributed by atoms with Crippen LogP contribution in [0.3, 0.4) is 0 Å². The summed E-state index contributed by atoms with van der Waals surface area (Å²) in [6, 6.07) is 8.20. The Balaban J connectivity index is 2.21. The van der Waals surface area contributed by atoms with Gasteiger partial charge in [0, 0.05) is 13.1 Å². The number of para-hydroxylation sites is 2. The lowest BCUT2D eigenvalue weighted by Gasteiger charge is -2.34. The highest BCUT2D eigenvalue weighted by molar-refractivity contribution is 7.80. The quantitative estimate of drug-likeness (QED) is 0.791. The second-order valence-electron chi connectivity index (χ2n) is 4.70. The zero-order valence-electron chi connectivity index (χ0n) is 10.1. The minimum absolute atomic E-state index is 0.322. The molecule has 0 aliphatic carbocycles. The van der Waals surface area contributed by atoms with Gasteiger partial charge in [-0.25, -0.2) is 0 Å². The molecule has 1 aliphatic heterocycles. The second kappa shape index (κ2) is 5.36. The van der Waals surface area contributed by atoms with Gasteiger partial charge in [-0.2, -0.15) is 0 Å². The number of thiocarbonyl (C=S) groups is 1. The zero-order chi connectivity index (χ0) is 12.3. The summed E-state index contributed by atoms with van der Waals surface area (Å²) in [5, 5.41) is 3.37. The van der Waals surface area contributed by atoms with Crippen molar-refractivity contribution in [1.29, 1.82) is 0 Å². The first kappa shape index (κ1) is 12.2. The largest absolute Gasteiger partial charge is 0.376 e. The molecule has 0 aromatic heterocycles. The molecule has 4 heteroatoms. The van der Waals surface area contributed by atoms with Crippen molar-refractivity contribution in [1.82, 2.24) is 0 Å². The molecule has 0 radical (unpaired) electrons. The predicted molar refractivity (Wildman–Crippen MR) is 77.5 cm³/mol. The van der Waals surface area contributed by atoms with Gasteiger partial charge in [-0.05, 0) is 43.1 Å². The summed E-state index contributed by atoms with van der Waals surface area (Å²) in [6.45, 7) is 4.52. The van der Waals surface area contributed by atoms with Crippen LogP contribution in [-0.2, 0) is 0 Å². The van der Waals surface area contributed by atoms with E-state index in [4.69, 9.17) is 18.0 Å². The Morgan fingerprint density at radius 2 is 2.24 bits per heavy atom. The van der Waals surface area contributed by atoms with Crippen LogP contribution in [0.2, 0.25) is 0 Å². The standard InChI is InChI=1S/C13H19N3S/c1-10-5-4-8-16(9-10)12-7-3-2-6-11(12)15-13(14)17/h2-3,6-7,10H,4-5,8-9H2,1H3,(H3,14,15,17). The normalized spacial score (nSPS) is 20.1. The number of anilines is 2. The van der Waals surface area contributed by atoms with Gasteiger partial charge in [0.15, 0.2) is 5.11 Å². The molecule has 1 unspecified atom stereocenters. The molecular weight excluding hydrogens is 230 g/mol. The van der Waals surface area contributed by atoms with Crippen LogP contribution in [0.4, 0.5) is 11.4 Å². The Labute approximate surface area is 108 Å². The molecular formula is C13H19N3S. The van der Waals surface area contributed by atoms with E-state index in [2.05, 4.69) is 29.3 Å². The van der Waals surface area contributed by atoms with Crippen LogP contribution < -0.4 is 16.0 Å². The van der Waals surface area contributed by atoms with Crippen molar-refractivity contribution < 1.29 is 0 Å². The van der Waals surface area contributed by atoms with Crippen LogP contribution in [-0.4, -0.2) is 18.2 Å². The molecule has 1 aliphatic rings. The van der Waals surface area contributed by atoms with Crippen molar-refractivity contribution in [3.63, 3.8) is 0 Å². The predicted octanol–water partition coefficient (Wildman–Crippen LogP) is 2.58. The third-order valence-electron chi connectivity index (χ3n) is 3.16. The number of rotatable bonds is 2. The van der Waals surface area contributed by atoms with Crippen LogP contribution in [0.15, 0.2) is 24.3 Å². The lowest BCUT2D eigenvalue weighted by atomic mass is 9.99. The lowest BCUT2D eigenvalue weighted by Crippen LogP contribution is -2.35. The first-order chi connectivity index (χ1) is 8.16.